The first-order chi connectivity index (χ1) is 15.7. The van der Waals surface area contributed by atoms with E-state index in [0.717, 1.165) is 23.1 Å². The van der Waals surface area contributed by atoms with E-state index in [-0.39, 0.29) is 5.92 Å². The highest BCUT2D eigenvalue weighted by Crippen LogP contribution is 2.48. The summed E-state index contributed by atoms with van der Waals surface area (Å²) in [6.07, 6.45) is 3.56. The molecule has 172 valence electrons. The van der Waals surface area contributed by atoms with Gasteiger partial charge in [0, 0.05) is 40.8 Å². The van der Waals surface area contributed by atoms with Crippen LogP contribution in [0.15, 0.2) is 41.7 Å². The highest BCUT2D eigenvalue weighted by atomic mass is 32.2. The van der Waals surface area contributed by atoms with E-state index in [2.05, 4.69) is 22.1 Å². The molecule has 2 atom stereocenters. The highest BCUT2D eigenvalue weighted by Gasteiger charge is 2.50. The standard InChI is InChI=1S/C25H26FN3O3S/c1-5-6-16-11-18(14-27-13-16)17-7-8-21(26)20(12-17)25-19(9-10-31-25)15-33-22(29-25)28-23(30)32-24(2,3)4/h7-8,11-14,19H,9-10,15H2,1-4H3,(H,28,29,30)/t19-,25+/m0/s1. The Morgan fingerprint density at radius 2 is 2.12 bits per heavy atom. The molecule has 33 heavy (non-hydrogen) atoms. The Bertz CT molecular complexity index is 1170. The Hall–Kier alpha value is -2.89. The molecule has 1 aromatic carbocycles. The van der Waals surface area contributed by atoms with Gasteiger partial charge in [0.1, 0.15) is 11.4 Å². The Balaban J connectivity index is 1.72. The largest absolute Gasteiger partial charge is 0.444 e. The number of carbonyl (C=O) groups is 1. The third kappa shape index (κ3) is 5.05. The molecule has 8 heteroatoms. The van der Waals surface area contributed by atoms with Gasteiger partial charge >= 0.3 is 6.09 Å². The van der Waals surface area contributed by atoms with Gasteiger partial charge in [0.25, 0.3) is 0 Å². The van der Waals surface area contributed by atoms with Crippen LogP contribution in [-0.4, -0.2) is 34.2 Å². The minimum absolute atomic E-state index is 0.0214. The molecule has 2 aliphatic rings. The van der Waals surface area contributed by atoms with Crippen molar-refractivity contribution in [2.24, 2.45) is 10.9 Å². The lowest BCUT2D eigenvalue weighted by Crippen LogP contribution is -2.42. The molecule has 0 unspecified atom stereocenters. The van der Waals surface area contributed by atoms with Gasteiger partial charge in [-0.05, 0) is 57.9 Å². The summed E-state index contributed by atoms with van der Waals surface area (Å²) in [5.74, 6) is 6.07. The van der Waals surface area contributed by atoms with Crippen molar-refractivity contribution < 1.29 is 18.7 Å². The molecule has 2 aromatic rings. The van der Waals surface area contributed by atoms with Crippen LogP contribution in [0.1, 0.15) is 45.2 Å². The van der Waals surface area contributed by atoms with E-state index >= 15 is 4.39 Å². The van der Waals surface area contributed by atoms with E-state index in [1.807, 2.05) is 6.07 Å². The molecule has 3 heterocycles. The maximum atomic E-state index is 15.2. The number of amidine groups is 1. The lowest BCUT2D eigenvalue weighted by Gasteiger charge is -2.35. The van der Waals surface area contributed by atoms with Crippen molar-refractivity contribution in [3.63, 3.8) is 0 Å². The smallest absolute Gasteiger partial charge is 0.413 e. The molecular formula is C25H26FN3O3S. The van der Waals surface area contributed by atoms with Gasteiger partial charge in [0.2, 0.25) is 0 Å². The fraction of sp³-hybridized carbons (Fsp3) is 0.400. The van der Waals surface area contributed by atoms with Gasteiger partial charge in [-0.2, -0.15) is 0 Å². The number of halogens is 1. The molecule has 0 radical (unpaired) electrons. The predicted molar refractivity (Wildman–Crippen MR) is 127 cm³/mol. The van der Waals surface area contributed by atoms with E-state index in [9.17, 15) is 4.79 Å². The minimum atomic E-state index is -1.20. The topological polar surface area (TPSA) is 72.8 Å². The summed E-state index contributed by atoms with van der Waals surface area (Å²) in [4.78, 5) is 21.3. The number of pyridine rings is 1. The van der Waals surface area contributed by atoms with E-state index in [1.165, 1.54) is 17.8 Å². The molecule has 1 fully saturated rings. The number of carbonyl (C=O) groups excluding carboxylic acids is 1. The quantitative estimate of drug-likeness (QED) is 0.624. The first-order valence-electron chi connectivity index (χ1n) is 10.7. The monoisotopic (exact) mass is 467 g/mol. The van der Waals surface area contributed by atoms with Crippen LogP contribution < -0.4 is 5.32 Å². The lowest BCUT2D eigenvalue weighted by molar-refractivity contribution is -0.0173. The Kier molecular flexibility index (Phi) is 6.46. The van der Waals surface area contributed by atoms with Crippen LogP contribution in [0.3, 0.4) is 0 Å². The number of fused-ring (bicyclic) bond motifs is 1. The van der Waals surface area contributed by atoms with E-state index in [1.54, 1.807) is 52.2 Å². The summed E-state index contributed by atoms with van der Waals surface area (Å²) in [5.41, 5.74) is 0.896. The summed E-state index contributed by atoms with van der Waals surface area (Å²) >= 11 is 1.41. The number of ether oxygens (including phenoxy) is 2. The summed E-state index contributed by atoms with van der Waals surface area (Å²) < 4.78 is 26.7. The van der Waals surface area contributed by atoms with Crippen molar-refractivity contribution in [2.45, 2.75) is 45.4 Å². The van der Waals surface area contributed by atoms with Gasteiger partial charge in [-0.15, -0.1) is 5.92 Å². The van der Waals surface area contributed by atoms with Crippen molar-refractivity contribution in [1.29, 1.82) is 0 Å². The first-order valence-corrected chi connectivity index (χ1v) is 11.7. The van der Waals surface area contributed by atoms with Gasteiger partial charge in [-0.25, -0.2) is 14.2 Å². The van der Waals surface area contributed by atoms with Crippen LogP contribution in [0.4, 0.5) is 9.18 Å². The maximum Gasteiger partial charge on any atom is 0.413 e. The number of hydrogen-bond donors (Lipinski definition) is 1. The zero-order valence-electron chi connectivity index (χ0n) is 19.1. The number of alkyl carbamates (subject to hydrolysis) is 1. The van der Waals surface area contributed by atoms with Gasteiger partial charge in [-0.3, -0.25) is 10.3 Å². The van der Waals surface area contributed by atoms with Crippen LogP contribution >= 0.6 is 11.8 Å². The second kappa shape index (κ2) is 9.16. The molecule has 1 aromatic heterocycles. The summed E-state index contributed by atoms with van der Waals surface area (Å²) in [5, 5.41) is 3.05. The fourth-order valence-corrected chi connectivity index (χ4v) is 5.06. The molecule has 1 N–H and O–H groups in total. The summed E-state index contributed by atoms with van der Waals surface area (Å²) in [7, 11) is 0. The average Bonchev–Trinajstić information content (AvgIpc) is 3.17. The Morgan fingerprint density at radius 3 is 2.88 bits per heavy atom. The van der Waals surface area contributed by atoms with Gasteiger partial charge in [0.05, 0.1) is 6.61 Å². The van der Waals surface area contributed by atoms with Crippen LogP contribution in [-0.2, 0) is 15.2 Å². The van der Waals surface area contributed by atoms with E-state index in [4.69, 9.17) is 14.5 Å². The minimum Gasteiger partial charge on any atom is -0.444 e. The molecule has 4 rings (SSSR count). The number of amides is 1. The van der Waals surface area contributed by atoms with Gasteiger partial charge in [0.15, 0.2) is 10.9 Å². The van der Waals surface area contributed by atoms with Crippen molar-refractivity contribution in [1.82, 2.24) is 10.3 Å². The van der Waals surface area contributed by atoms with Crippen LogP contribution in [0, 0.1) is 23.6 Å². The zero-order chi connectivity index (χ0) is 23.6. The second-order valence-electron chi connectivity index (χ2n) is 8.92. The molecular weight excluding hydrogens is 441 g/mol. The molecule has 0 bridgehead atoms. The van der Waals surface area contributed by atoms with Crippen molar-refractivity contribution in [3.8, 4) is 23.0 Å². The maximum absolute atomic E-state index is 15.2. The Morgan fingerprint density at radius 1 is 1.30 bits per heavy atom. The normalized spacial score (nSPS) is 22.0. The van der Waals surface area contributed by atoms with Crippen LogP contribution in [0.2, 0.25) is 0 Å². The molecule has 6 nitrogen and oxygen atoms in total. The molecule has 0 aliphatic carbocycles. The molecule has 0 saturated carbocycles. The number of nitrogens with one attached hydrogen (secondary N) is 1. The fourth-order valence-electron chi connectivity index (χ4n) is 3.96. The second-order valence-corrected chi connectivity index (χ2v) is 9.93. The number of hydrogen-bond acceptors (Lipinski definition) is 6. The molecule has 0 spiro atoms. The van der Waals surface area contributed by atoms with E-state index < -0.39 is 23.2 Å². The SMILES string of the molecule is CC#Cc1cncc(-c2ccc(F)c([C@@]34N=C(NC(=O)OC(C)(C)C)SC[C@@H]3CCO4)c2)c1. The van der Waals surface area contributed by atoms with Crippen LogP contribution in [0.5, 0.6) is 0 Å². The van der Waals surface area contributed by atoms with Crippen LogP contribution in [0.25, 0.3) is 11.1 Å². The van der Waals surface area contributed by atoms with Crippen molar-refractivity contribution >= 4 is 23.0 Å². The van der Waals surface area contributed by atoms with Crippen molar-refractivity contribution in [2.75, 3.05) is 12.4 Å². The predicted octanol–water partition coefficient (Wildman–Crippen LogP) is 5.08. The number of aliphatic imine (C=N–C) groups is 1. The first kappa shape index (κ1) is 23.3. The third-order valence-electron chi connectivity index (χ3n) is 5.33. The summed E-state index contributed by atoms with van der Waals surface area (Å²) in [6.45, 7) is 7.59. The Labute approximate surface area is 197 Å². The van der Waals surface area contributed by atoms with E-state index in [0.29, 0.717) is 23.1 Å². The number of benzene rings is 1. The highest BCUT2D eigenvalue weighted by molar-refractivity contribution is 8.13. The summed E-state index contributed by atoms with van der Waals surface area (Å²) in [6, 6.07) is 6.81. The molecule has 2 aliphatic heterocycles. The van der Waals surface area contributed by atoms with Gasteiger partial charge in [-0.1, -0.05) is 23.7 Å². The molecule has 1 saturated heterocycles. The lowest BCUT2D eigenvalue weighted by atomic mass is 9.88. The number of rotatable bonds is 2. The number of thioether (sulfide) groups is 1. The molecule has 1 amide bonds. The zero-order valence-corrected chi connectivity index (χ0v) is 19.9. The average molecular weight is 468 g/mol. The third-order valence-corrected chi connectivity index (χ3v) is 6.37. The number of aromatic nitrogens is 1. The number of nitrogens with zero attached hydrogens (tertiary/aromatic N) is 2. The van der Waals surface area contributed by atoms with Crippen molar-refractivity contribution in [3.05, 3.63) is 53.6 Å². The van der Waals surface area contributed by atoms with Gasteiger partial charge < -0.3 is 9.47 Å².